The Labute approximate surface area is 202 Å². The Morgan fingerprint density at radius 1 is 0.727 bits per heavy atom. The second-order valence-electron chi connectivity index (χ2n) is 8.16. The molecule has 1 spiro atoms. The molecule has 0 aromatic heterocycles. The van der Waals surface area contributed by atoms with Crippen LogP contribution in [0.5, 0.6) is 11.5 Å². The van der Waals surface area contributed by atoms with Gasteiger partial charge in [0.2, 0.25) is 0 Å². The summed E-state index contributed by atoms with van der Waals surface area (Å²) in [7, 11) is 0. The number of para-hydroxylation sites is 2. The molecule has 158 valence electrons. The molecule has 0 saturated carbocycles. The molecule has 0 amide bonds. The standard InChI is InChI=1S/C29H18ClNOS/c30-22-16-14-21(15-17-22)28(19-31)25(20-8-2-1-3-9-20)18-33-29(28)23-10-4-6-12-26(23)32-27-13-7-5-11-24(27)29/h1-18H. The van der Waals surface area contributed by atoms with Crippen LogP contribution < -0.4 is 4.74 Å². The monoisotopic (exact) mass is 463 g/mol. The van der Waals surface area contributed by atoms with Gasteiger partial charge in [0, 0.05) is 16.1 Å². The molecule has 4 heteroatoms. The van der Waals surface area contributed by atoms with Crippen molar-refractivity contribution in [3.63, 3.8) is 0 Å². The number of allylic oxidation sites excluding steroid dienone is 1. The summed E-state index contributed by atoms with van der Waals surface area (Å²) in [6, 6.07) is 36.8. The van der Waals surface area contributed by atoms with Gasteiger partial charge in [0.05, 0.1) is 6.07 Å². The molecule has 0 saturated heterocycles. The lowest BCUT2D eigenvalue weighted by Crippen LogP contribution is -2.46. The molecule has 4 aromatic rings. The van der Waals surface area contributed by atoms with Crippen LogP contribution in [0.1, 0.15) is 22.3 Å². The SMILES string of the molecule is N#CC1(c2ccc(Cl)cc2)C(c2ccccc2)=CSC12c1ccccc1Oc1ccccc12. The number of benzene rings is 4. The fourth-order valence-electron chi connectivity index (χ4n) is 5.17. The maximum absolute atomic E-state index is 11.2. The van der Waals surface area contributed by atoms with Crippen molar-refractivity contribution in [1.29, 1.82) is 5.26 Å². The third kappa shape index (κ3) is 2.69. The molecule has 0 aliphatic carbocycles. The molecule has 2 aliphatic heterocycles. The number of fused-ring (bicyclic) bond motifs is 4. The van der Waals surface area contributed by atoms with Crippen LogP contribution in [0.3, 0.4) is 0 Å². The molecule has 6 rings (SSSR count). The fourth-order valence-corrected chi connectivity index (χ4v) is 6.94. The van der Waals surface area contributed by atoms with Gasteiger partial charge in [-0.2, -0.15) is 5.26 Å². The Hall–Kier alpha value is -3.45. The van der Waals surface area contributed by atoms with Gasteiger partial charge in [-0.3, -0.25) is 0 Å². The smallest absolute Gasteiger partial charge is 0.132 e. The highest BCUT2D eigenvalue weighted by Crippen LogP contribution is 2.70. The van der Waals surface area contributed by atoms with Gasteiger partial charge in [-0.1, -0.05) is 90.5 Å². The molecule has 4 aromatic carbocycles. The van der Waals surface area contributed by atoms with Crippen molar-refractivity contribution in [2.24, 2.45) is 0 Å². The Balaban J connectivity index is 1.75. The molecule has 2 heterocycles. The van der Waals surface area contributed by atoms with Crippen LogP contribution >= 0.6 is 23.4 Å². The van der Waals surface area contributed by atoms with Gasteiger partial charge in [0.1, 0.15) is 21.7 Å². The van der Waals surface area contributed by atoms with Crippen molar-refractivity contribution in [1.82, 2.24) is 0 Å². The largest absolute Gasteiger partial charge is 0.457 e. The average molecular weight is 464 g/mol. The van der Waals surface area contributed by atoms with Crippen molar-refractivity contribution in [2.75, 3.05) is 0 Å². The summed E-state index contributed by atoms with van der Waals surface area (Å²) in [4.78, 5) is 0. The zero-order chi connectivity index (χ0) is 22.5. The Kier molecular flexibility index (Phi) is 4.62. The zero-order valence-corrected chi connectivity index (χ0v) is 19.1. The molecule has 0 radical (unpaired) electrons. The van der Waals surface area contributed by atoms with Gasteiger partial charge >= 0.3 is 0 Å². The van der Waals surface area contributed by atoms with Crippen molar-refractivity contribution in [3.8, 4) is 17.6 Å². The van der Waals surface area contributed by atoms with Crippen LogP contribution in [0, 0.1) is 11.3 Å². The lowest BCUT2D eigenvalue weighted by atomic mass is 9.59. The van der Waals surface area contributed by atoms with E-state index in [0.29, 0.717) is 5.02 Å². The molecule has 1 atom stereocenters. The highest BCUT2D eigenvalue weighted by Gasteiger charge is 2.64. The van der Waals surface area contributed by atoms with Gasteiger partial charge in [-0.25, -0.2) is 0 Å². The van der Waals surface area contributed by atoms with E-state index in [0.717, 1.165) is 39.3 Å². The van der Waals surface area contributed by atoms with Crippen LogP contribution in [-0.4, -0.2) is 0 Å². The van der Waals surface area contributed by atoms with Crippen LogP contribution in [0.15, 0.2) is 109 Å². The molecular weight excluding hydrogens is 446 g/mol. The predicted octanol–water partition coefficient (Wildman–Crippen LogP) is 7.94. The second-order valence-corrected chi connectivity index (χ2v) is 9.68. The van der Waals surface area contributed by atoms with E-state index in [1.165, 1.54) is 0 Å². The highest BCUT2D eigenvalue weighted by atomic mass is 35.5. The van der Waals surface area contributed by atoms with E-state index in [2.05, 4.69) is 35.7 Å². The minimum absolute atomic E-state index is 0.643. The average Bonchev–Trinajstić information content (AvgIpc) is 3.21. The van der Waals surface area contributed by atoms with E-state index >= 15 is 0 Å². The van der Waals surface area contributed by atoms with Crippen molar-refractivity contribution < 1.29 is 4.74 Å². The van der Waals surface area contributed by atoms with E-state index in [4.69, 9.17) is 16.3 Å². The topological polar surface area (TPSA) is 33.0 Å². The summed E-state index contributed by atoms with van der Waals surface area (Å²) >= 11 is 7.96. The number of hydrogen-bond donors (Lipinski definition) is 0. The number of halogens is 1. The Bertz CT molecular complexity index is 1390. The third-order valence-electron chi connectivity index (χ3n) is 6.57. The number of rotatable bonds is 2. The first-order chi connectivity index (χ1) is 16.2. The number of thioether (sulfide) groups is 1. The summed E-state index contributed by atoms with van der Waals surface area (Å²) < 4.78 is 5.60. The summed E-state index contributed by atoms with van der Waals surface area (Å²) in [5.41, 5.74) is 3.88. The summed E-state index contributed by atoms with van der Waals surface area (Å²) in [5.74, 6) is 1.56. The first kappa shape index (κ1) is 20.2. The molecule has 2 aliphatic rings. The Morgan fingerprint density at radius 2 is 1.30 bits per heavy atom. The zero-order valence-electron chi connectivity index (χ0n) is 17.5. The molecule has 0 bridgehead atoms. The number of hydrogen-bond acceptors (Lipinski definition) is 3. The predicted molar refractivity (Wildman–Crippen MR) is 134 cm³/mol. The third-order valence-corrected chi connectivity index (χ3v) is 8.27. The fraction of sp³-hybridized carbons (Fsp3) is 0.0690. The van der Waals surface area contributed by atoms with Crippen molar-refractivity contribution in [3.05, 3.63) is 136 Å². The summed E-state index contributed by atoms with van der Waals surface area (Å²) in [6.45, 7) is 0. The minimum atomic E-state index is -1.01. The molecule has 2 nitrogen and oxygen atoms in total. The summed E-state index contributed by atoms with van der Waals surface area (Å²) in [5, 5.41) is 14.0. The molecule has 33 heavy (non-hydrogen) atoms. The van der Waals surface area contributed by atoms with Crippen molar-refractivity contribution >= 4 is 28.9 Å². The van der Waals surface area contributed by atoms with E-state index < -0.39 is 10.2 Å². The number of nitrogens with zero attached hydrogens (tertiary/aromatic N) is 1. The number of nitriles is 1. The molecular formula is C29H18ClNOS. The van der Waals surface area contributed by atoms with Gasteiger partial charge in [-0.15, -0.1) is 11.8 Å². The molecule has 1 unspecified atom stereocenters. The van der Waals surface area contributed by atoms with E-state index in [-0.39, 0.29) is 0 Å². The summed E-state index contributed by atoms with van der Waals surface area (Å²) in [6.07, 6.45) is 0. The second kappa shape index (κ2) is 7.56. The van der Waals surface area contributed by atoms with Crippen LogP contribution in [-0.2, 0) is 10.2 Å². The lowest BCUT2D eigenvalue weighted by Gasteiger charge is -2.46. The first-order valence-corrected chi connectivity index (χ1v) is 11.9. The van der Waals surface area contributed by atoms with Crippen molar-refractivity contribution in [2.45, 2.75) is 10.2 Å². The van der Waals surface area contributed by atoms with E-state index in [1.54, 1.807) is 11.8 Å². The highest BCUT2D eigenvalue weighted by molar-refractivity contribution is 8.03. The number of ether oxygens (including phenoxy) is 1. The van der Waals surface area contributed by atoms with Crippen LogP contribution in [0.4, 0.5) is 0 Å². The van der Waals surface area contributed by atoms with E-state index in [1.807, 2.05) is 78.9 Å². The molecule has 0 fully saturated rings. The first-order valence-electron chi connectivity index (χ1n) is 10.7. The maximum atomic E-state index is 11.2. The Morgan fingerprint density at radius 3 is 1.91 bits per heavy atom. The van der Waals surface area contributed by atoms with Gasteiger partial charge in [0.25, 0.3) is 0 Å². The lowest BCUT2D eigenvalue weighted by molar-refractivity contribution is 0.414. The van der Waals surface area contributed by atoms with Gasteiger partial charge in [0.15, 0.2) is 0 Å². The quantitative estimate of drug-likeness (QED) is 0.302. The minimum Gasteiger partial charge on any atom is -0.457 e. The van der Waals surface area contributed by atoms with Gasteiger partial charge in [-0.05, 0) is 46.4 Å². The van der Waals surface area contributed by atoms with Crippen LogP contribution in [0.2, 0.25) is 5.02 Å². The van der Waals surface area contributed by atoms with E-state index in [9.17, 15) is 5.26 Å². The van der Waals surface area contributed by atoms with Crippen LogP contribution in [0.25, 0.3) is 5.57 Å². The maximum Gasteiger partial charge on any atom is 0.132 e. The normalized spacial score (nSPS) is 19.7. The van der Waals surface area contributed by atoms with Gasteiger partial charge < -0.3 is 4.74 Å². The molecule has 0 N–H and O–H groups in total.